The molecule has 1 aromatic carbocycles. The summed E-state index contributed by atoms with van der Waals surface area (Å²) < 4.78 is 7.35. The molecule has 0 spiro atoms. The van der Waals surface area contributed by atoms with Crippen LogP contribution in [0, 0.1) is 11.8 Å². The standard InChI is InChI=1S/C25H25N5O3/c1-18(32)25-27-10-12-30(25)17-23-14-24(33-29-23)21-7-4-19(5-8-21)2-3-20-6-9-22(28-15-20)16-26-11-13-31/h4-10,12,14-15,18,26,31-32H,11,13,16-17H2,1H3. The zero-order valence-corrected chi connectivity index (χ0v) is 18.3. The van der Waals surface area contributed by atoms with Crippen LogP contribution in [0.1, 0.15) is 41.4 Å². The average Bonchev–Trinajstić information content (AvgIpc) is 3.49. The molecule has 0 saturated heterocycles. The van der Waals surface area contributed by atoms with Crippen LogP contribution in [0.25, 0.3) is 11.3 Å². The van der Waals surface area contributed by atoms with E-state index < -0.39 is 6.10 Å². The highest BCUT2D eigenvalue weighted by molar-refractivity contribution is 5.59. The minimum Gasteiger partial charge on any atom is -0.395 e. The van der Waals surface area contributed by atoms with Crippen molar-refractivity contribution in [1.29, 1.82) is 0 Å². The number of aromatic nitrogens is 4. The second kappa shape index (κ2) is 10.7. The summed E-state index contributed by atoms with van der Waals surface area (Å²) in [5, 5.41) is 25.8. The van der Waals surface area contributed by atoms with Gasteiger partial charge in [0.15, 0.2) is 5.76 Å². The van der Waals surface area contributed by atoms with E-state index in [1.807, 2.05) is 47.0 Å². The maximum absolute atomic E-state index is 9.80. The third-order valence-electron chi connectivity index (χ3n) is 4.95. The maximum Gasteiger partial charge on any atom is 0.167 e. The number of nitrogens with zero attached hydrogens (tertiary/aromatic N) is 4. The molecule has 1 atom stereocenters. The highest BCUT2D eigenvalue weighted by Crippen LogP contribution is 2.22. The number of benzene rings is 1. The third kappa shape index (κ3) is 5.93. The molecule has 1 unspecified atom stereocenters. The van der Waals surface area contributed by atoms with Gasteiger partial charge in [0.2, 0.25) is 0 Å². The van der Waals surface area contributed by atoms with Gasteiger partial charge in [-0.25, -0.2) is 4.98 Å². The van der Waals surface area contributed by atoms with E-state index in [9.17, 15) is 5.11 Å². The van der Waals surface area contributed by atoms with Crippen molar-refractivity contribution in [2.75, 3.05) is 13.2 Å². The molecule has 8 heteroatoms. The van der Waals surface area contributed by atoms with Gasteiger partial charge in [-0.3, -0.25) is 4.98 Å². The molecular weight excluding hydrogens is 418 g/mol. The Labute approximate surface area is 191 Å². The van der Waals surface area contributed by atoms with Crippen LogP contribution in [-0.4, -0.2) is 43.1 Å². The number of pyridine rings is 1. The first-order chi connectivity index (χ1) is 16.1. The number of nitrogens with one attached hydrogen (secondary N) is 1. The molecule has 0 aliphatic heterocycles. The fraction of sp³-hybridized carbons (Fsp3) is 0.240. The van der Waals surface area contributed by atoms with E-state index in [0.29, 0.717) is 31.2 Å². The summed E-state index contributed by atoms with van der Waals surface area (Å²) in [6.45, 7) is 3.42. The monoisotopic (exact) mass is 443 g/mol. The first kappa shape index (κ1) is 22.4. The molecule has 0 aliphatic carbocycles. The van der Waals surface area contributed by atoms with Gasteiger partial charge < -0.3 is 24.6 Å². The first-order valence-corrected chi connectivity index (χ1v) is 10.7. The number of aliphatic hydroxyl groups is 2. The number of aliphatic hydroxyl groups excluding tert-OH is 2. The van der Waals surface area contributed by atoms with Crippen molar-refractivity contribution in [2.24, 2.45) is 0 Å². The molecular formula is C25H25N5O3. The van der Waals surface area contributed by atoms with Crippen LogP contribution < -0.4 is 5.32 Å². The van der Waals surface area contributed by atoms with Gasteiger partial charge >= 0.3 is 0 Å². The molecule has 3 heterocycles. The lowest BCUT2D eigenvalue weighted by Gasteiger charge is -2.07. The maximum atomic E-state index is 9.80. The summed E-state index contributed by atoms with van der Waals surface area (Å²) in [4.78, 5) is 8.55. The van der Waals surface area contributed by atoms with Crippen molar-refractivity contribution in [3.8, 4) is 23.2 Å². The Bertz CT molecular complexity index is 1230. The lowest BCUT2D eigenvalue weighted by atomic mass is 10.1. The Morgan fingerprint density at radius 1 is 1.06 bits per heavy atom. The summed E-state index contributed by atoms with van der Waals surface area (Å²) in [5.41, 5.74) is 4.27. The first-order valence-electron chi connectivity index (χ1n) is 10.7. The normalized spacial score (nSPS) is 11.7. The fourth-order valence-electron chi connectivity index (χ4n) is 3.28. The van der Waals surface area contributed by atoms with E-state index in [-0.39, 0.29) is 6.61 Å². The SMILES string of the molecule is CC(O)c1nccn1Cc1cc(-c2ccc(C#Cc3ccc(CNCCO)nc3)cc2)on1. The molecule has 0 saturated carbocycles. The molecule has 33 heavy (non-hydrogen) atoms. The molecule has 0 amide bonds. The van der Waals surface area contributed by atoms with Gasteiger partial charge in [-0.05, 0) is 43.3 Å². The predicted octanol–water partition coefficient (Wildman–Crippen LogP) is 2.52. The molecule has 3 aromatic heterocycles. The molecule has 168 valence electrons. The van der Waals surface area contributed by atoms with Gasteiger partial charge in [-0.2, -0.15) is 0 Å². The summed E-state index contributed by atoms with van der Waals surface area (Å²) in [6, 6.07) is 13.5. The summed E-state index contributed by atoms with van der Waals surface area (Å²) in [5.74, 6) is 7.52. The zero-order valence-electron chi connectivity index (χ0n) is 18.3. The van der Waals surface area contributed by atoms with Gasteiger partial charge in [0, 0.05) is 54.4 Å². The van der Waals surface area contributed by atoms with Gasteiger partial charge in [-0.1, -0.05) is 17.0 Å². The van der Waals surface area contributed by atoms with Crippen molar-refractivity contribution < 1.29 is 14.7 Å². The second-order valence-corrected chi connectivity index (χ2v) is 7.54. The lowest BCUT2D eigenvalue weighted by molar-refractivity contribution is 0.184. The average molecular weight is 444 g/mol. The smallest absolute Gasteiger partial charge is 0.167 e. The molecule has 4 rings (SSSR count). The van der Waals surface area contributed by atoms with E-state index in [4.69, 9.17) is 9.63 Å². The number of hydrogen-bond acceptors (Lipinski definition) is 7. The van der Waals surface area contributed by atoms with Crippen molar-refractivity contribution in [2.45, 2.75) is 26.1 Å². The topological polar surface area (TPSA) is 109 Å². The third-order valence-corrected chi connectivity index (χ3v) is 4.95. The van der Waals surface area contributed by atoms with Gasteiger partial charge in [-0.15, -0.1) is 0 Å². The molecule has 3 N–H and O–H groups in total. The van der Waals surface area contributed by atoms with Gasteiger partial charge in [0.1, 0.15) is 17.6 Å². The van der Waals surface area contributed by atoms with Crippen molar-refractivity contribution in [3.05, 3.63) is 89.4 Å². The largest absolute Gasteiger partial charge is 0.395 e. The van der Waals surface area contributed by atoms with Crippen LogP contribution >= 0.6 is 0 Å². The minimum atomic E-state index is -0.650. The van der Waals surface area contributed by atoms with Crippen LogP contribution in [0.4, 0.5) is 0 Å². The predicted molar refractivity (Wildman–Crippen MR) is 123 cm³/mol. The number of imidazole rings is 1. The zero-order chi connectivity index (χ0) is 23.0. The van der Waals surface area contributed by atoms with Crippen LogP contribution in [-0.2, 0) is 13.1 Å². The Morgan fingerprint density at radius 3 is 2.58 bits per heavy atom. The van der Waals surface area contributed by atoms with Crippen molar-refractivity contribution >= 4 is 0 Å². The van der Waals surface area contributed by atoms with E-state index in [0.717, 1.165) is 28.1 Å². The molecule has 0 fully saturated rings. The highest BCUT2D eigenvalue weighted by Gasteiger charge is 2.12. The Balaban J connectivity index is 1.39. The summed E-state index contributed by atoms with van der Waals surface area (Å²) in [6.07, 6.45) is 4.56. The molecule has 0 bridgehead atoms. The van der Waals surface area contributed by atoms with Gasteiger partial charge in [0.25, 0.3) is 0 Å². The molecule has 0 radical (unpaired) electrons. The summed E-state index contributed by atoms with van der Waals surface area (Å²) in [7, 11) is 0. The quantitative estimate of drug-likeness (QED) is 0.284. The van der Waals surface area contributed by atoms with Crippen LogP contribution in [0.5, 0.6) is 0 Å². The summed E-state index contributed by atoms with van der Waals surface area (Å²) >= 11 is 0. The second-order valence-electron chi connectivity index (χ2n) is 7.54. The molecule has 0 aliphatic rings. The van der Waals surface area contributed by atoms with E-state index >= 15 is 0 Å². The van der Waals surface area contributed by atoms with Crippen molar-refractivity contribution in [1.82, 2.24) is 25.0 Å². The number of hydrogen-bond donors (Lipinski definition) is 3. The Kier molecular flexibility index (Phi) is 7.27. The van der Waals surface area contributed by atoms with E-state index in [1.54, 1.807) is 25.5 Å². The van der Waals surface area contributed by atoms with Crippen LogP contribution in [0.2, 0.25) is 0 Å². The van der Waals surface area contributed by atoms with E-state index in [2.05, 4.69) is 32.3 Å². The molecule has 8 nitrogen and oxygen atoms in total. The fourth-order valence-corrected chi connectivity index (χ4v) is 3.28. The molecule has 4 aromatic rings. The lowest BCUT2D eigenvalue weighted by Crippen LogP contribution is -2.18. The van der Waals surface area contributed by atoms with Gasteiger partial charge in [0.05, 0.1) is 18.8 Å². The minimum absolute atomic E-state index is 0.107. The van der Waals surface area contributed by atoms with Crippen molar-refractivity contribution in [3.63, 3.8) is 0 Å². The Morgan fingerprint density at radius 2 is 1.85 bits per heavy atom. The Hall–Kier alpha value is -3.77. The van der Waals surface area contributed by atoms with Crippen LogP contribution in [0.15, 0.2) is 65.6 Å². The highest BCUT2D eigenvalue weighted by atomic mass is 16.5. The van der Waals surface area contributed by atoms with Crippen LogP contribution in [0.3, 0.4) is 0 Å². The van der Waals surface area contributed by atoms with E-state index in [1.165, 1.54) is 0 Å². The number of rotatable bonds is 8.